The van der Waals surface area contributed by atoms with Gasteiger partial charge in [0, 0.05) is 5.69 Å². The second-order valence-corrected chi connectivity index (χ2v) is 3.86. The maximum Gasteiger partial charge on any atom is 0.394 e. The number of hydrazine groups is 1. The van der Waals surface area contributed by atoms with Gasteiger partial charge in [-0.3, -0.25) is 14.9 Å². The largest absolute Gasteiger partial charge is 0.494 e. The molecule has 0 atom stereocenters. The summed E-state index contributed by atoms with van der Waals surface area (Å²) in [5.41, 5.74) is 3.44. The van der Waals surface area contributed by atoms with E-state index in [1.807, 2.05) is 24.3 Å². The predicted octanol–water partition coefficient (Wildman–Crippen LogP) is 1.11. The number of nitrogens with one attached hydrogen (secondary N) is 1. The first-order chi connectivity index (χ1) is 7.86. The first-order valence-electron chi connectivity index (χ1n) is 4.76. The van der Waals surface area contributed by atoms with Crippen LogP contribution in [-0.2, 0) is 10.4 Å². The lowest BCUT2D eigenvalue weighted by atomic mass is 10.3. The summed E-state index contributed by atoms with van der Waals surface area (Å²) < 4.78 is 37.0. The first kappa shape index (κ1) is 15.7. The van der Waals surface area contributed by atoms with Gasteiger partial charge in [0.05, 0.1) is 6.61 Å². The van der Waals surface area contributed by atoms with Crippen LogP contribution in [0.5, 0.6) is 5.75 Å². The van der Waals surface area contributed by atoms with Gasteiger partial charge in [-0.05, 0) is 30.7 Å². The predicted molar refractivity (Wildman–Crippen MR) is 64.2 cm³/mol. The summed E-state index contributed by atoms with van der Waals surface area (Å²) in [6.07, 6.45) is 1.02. The van der Waals surface area contributed by atoms with Crippen molar-refractivity contribution in [2.75, 3.05) is 12.0 Å². The molecule has 0 saturated heterocycles. The molecule has 98 valence electrons. The highest BCUT2D eigenvalue weighted by atomic mass is 32.3. The summed E-state index contributed by atoms with van der Waals surface area (Å²) in [6.45, 7) is 2.84. The van der Waals surface area contributed by atoms with Crippen LogP contribution in [0, 0.1) is 0 Å². The molecule has 0 bridgehead atoms. The van der Waals surface area contributed by atoms with Gasteiger partial charge < -0.3 is 10.2 Å². The molecule has 1 aromatic rings. The van der Waals surface area contributed by atoms with Crippen LogP contribution in [0.25, 0.3) is 0 Å². The maximum absolute atomic E-state index is 8.74. The Balaban J connectivity index is 0.000000437. The fourth-order valence-electron chi connectivity index (χ4n) is 0.867. The highest BCUT2D eigenvalue weighted by Crippen LogP contribution is 2.14. The lowest BCUT2D eigenvalue weighted by Gasteiger charge is -2.04. The SMILES string of the molecule is CCCOc1ccc(NN)cc1.O=S(=O)(O)O. The molecule has 0 unspecified atom stereocenters. The van der Waals surface area contributed by atoms with Crippen molar-refractivity contribution in [2.45, 2.75) is 13.3 Å². The van der Waals surface area contributed by atoms with E-state index in [1.165, 1.54) is 0 Å². The summed E-state index contributed by atoms with van der Waals surface area (Å²) in [4.78, 5) is 0. The van der Waals surface area contributed by atoms with E-state index in [4.69, 9.17) is 28.1 Å². The van der Waals surface area contributed by atoms with Crippen LogP contribution in [0.15, 0.2) is 24.3 Å². The van der Waals surface area contributed by atoms with Gasteiger partial charge in [-0.25, -0.2) is 0 Å². The number of anilines is 1. The number of ether oxygens (including phenoxy) is 1. The zero-order valence-corrected chi connectivity index (χ0v) is 10.1. The summed E-state index contributed by atoms with van der Waals surface area (Å²) in [5.74, 6) is 6.09. The standard InChI is InChI=1S/C9H14N2O.H2O4S/c1-2-7-12-9-5-3-8(11-10)4-6-9;1-5(2,3)4/h3-6,11H,2,7,10H2,1H3;(H2,1,2,3,4). The van der Waals surface area contributed by atoms with Crippen LogP contribution >= 0.6 is 0 Å². The third kappa shape index (κ3) is 10.9. The van der Waals surface area contributed by atoms with Crippen LogP contribution in [0.4, 0.5) is 5.69 Å². The van der Waals surface area contributed by atoms with Crippen molar-refractivity contribution in [3.05, 3.63) is 24.3 Å². The Morgan fingerprint density at radius 3 is 2.12 bits per heavy atom. The average Bonchev–Trinajstić information content (AvgIpc) is 2.25. The van der Waals surface area contributed by atoms with E-state index in [-0.39, 0.29) is 0 Å². The molecule has 0 radical (unpaired) electrons. The van der Waals surface area contributed by atoms with Crippen LogP contribution in [0.1, 0.15) is 13.3 Å². The van der Waals surface area contributed by atoms with E-state index in [1.54, 1.807) is 0 Å². The van der Waals surface area contributed by atoms with Crippen LogP contribution in [0.3, 0.4) is 0 Å². The molecular weight excluding hydrogens is 248 g/mol. The molecular formula is C9H16N2O5S. The molecule has 0 spiro atoms. The van der Waals surface area contributed by atoms with E-state index in [9.17, 15) is 0 Å². The highest BCUT2D eigenvalue weighted by molar-refractivity contribution is 7.79. The summed E-state index contributed by atoms with van der Waals surface area (Å²) in [6, 6.07) is 7.55. The minimum atomic E-state index is -4.67. The highest BCUT2D eigenvalue weighted by Gasteiger charge is 1.91. The lowest BCUT2D eigenvalue weighted by Crippen LogP contribution is -2.06. The Morgan fingerprint density at radius 2 is 1.76 bits per heavy atom. The molecule has 7 nitrogen and oxygen atoms in total. The van der Waals surface area contributed by atoms with Crippen molar-refractivity contribution in [3.63, 3.8) is 0 Å². The van der Waals surface area contributed by atoms with Gasteiger partial charge in [0.15, 0.2) is 0 Å². The molecule has 0 heterocycles. The third-order valence-corrected chi connectivity index (χ3v) is 1.49. The summed E-state index contributed by atoms with van der Waals surface area (Å²) in [7, 11) is -4.67. The molecule has 5 N–H and O–H groups in total. The van der Waals surface area contributed by atoms with Gasteiger partial charge in [0.2, 0.25) is 0 Å². The van der Waals surface area contributed by atoms with Crippen molar-refractivity contribution in [1.82, 2.24) is 0 Å². The van der Waals surface area contributed by atoms with Gasteiger partial charge in [-0.15, -0.1) is 0 Å². The van der Waals surface area contributed by atoms with Crippen molar-refractivity contribution in [2.24, 2.45) is 5.84 Å². The molecule has 0 amide bonds. The van der Waals surface area contributed by atoms with E-state index in [0.29, 0.717) is 0 Å². The Bertz CT molecular complexity index is 396. The van der Waals surface area contributed by atoms with Gasteiger partial charge in [-0.1, -0.05) is 6.92 Å². The third-order valence-electron chi connectivity index (χ3n) is 1.49. The lowest BCUT2D eigenvalue weighted by molar-refractivity contribution is 0.317. The van der Waals surface area contributed by atoms with Crippen LogP contribution in [0.2, 0.25) is 0 Å². The van der Waals surface area contributed by atoms with Crippen molar-refractivity contribution in [1.29, 1.82) is 0 Å². The Kier molecular flexibility index (Phi) is 7.22. The number of rotatable bonds is 4. The molecule has 0 aliphatic carbocycles. The summed E-state index contributed by atoms with van der Waals surface area (Å²) in [5, 5.41) is 0. The minimum absolute atomic E-state index is 0.759. The fourth-order valence-corrected chi connectivity index (χ4v) is 0.867. The molecule has 0 saturated carbocycles. The second kappa shape index (κ2) is 7.85. The van der Waals surface area contributed by atoms with Gasteiger partial charge in [-0.2, -0.15) is 8.42 Å². The molecule has 8 heteroatoms. The zero-order chi connectivity index (χ0) is 13.3. The van der Waals surface area contributed by atoms with Gasteiger partial charge in [0.1, 0.15) is 5.75 Å². The minimum Gasteiger partial charge on any atom is -0.494 e. The van der Waals surface area contributed by atoms with Crippen LogP contribution < -0.4 is 16.0 Å². The number of nitrogen functional groups attached to an aromatic ring is 1. The Labute approximate surface area is 100 Å². The fraction of sp³-hybridized carbons (Fsp3) is 0.333. The molecule has 1 rings (SSSR count). The monoisotopic (exact) mass is 264 g/mol. The zero-order valence-electron chi connectivity index (χ0n) is 9.33. The smallest absolute Gasteiger partial charge is 0.394 e. The number of hydrogen-bond donors (Lipinski definition) is 4. The average molecular weight is 264 g/mol. The quantitative estimate of drug-likeness (QED) is 0.365. The first-order valence-corrected chi connectivity index (χ1v) is 6.16. The topological polar surface area (TPSA) is 122 Å². The van der Waals surface area contributed by atoms with E-state index >= 15 is 0 Å². The normalized spacial score (nSPS) is 10.1. The van der Waals surface area contributed by atoms with E-state index in [2.05, 4.69) is 12.3 Å². The number of nitrogens with two attached hydrogens (primary N) is 1. The second-order valence-electron chi connectivity index (χ2n) is 2.97. The molecule has 0 aliphatic heterocycles. The number of hydrogen-bond acceptors (Lipinski definition) is 5. The van der Waals surface area contributed by atoms with E-state index in [0.717, 1.165) is 24.5 Å². The molecule has 0 aromatic heterocycles. The van der Waals surface area contributed by atoms with Gasteiger partial charge >= 0.3 is 10.4 Å². The van der Waals surface area contributed by atoms with E-state index < -0.39 is 10.4 Å². The molecule has 0 fully saturated rings. The van der Waals surface area contributed by atoms with Gasteiger partial charge in [0.25, 0.3) is 0 Å². The molecule has 1 aromatic carbocycles. The van der Waals surface area contributed by atoms with Crippen molar-refractivity contribution in [3.8, 4) is 5.75 Å². The molecule has 17 heavy (non-hydrogen) atoms. The molecule has 0 aliphatic rings. The Hall–Kier alpha value is -1.35. The van der Waals surface area contributed by atoms with Crippen LogP contribution in [-0.4, -0.2) is 24.1 Å². The van der Waals surface area contributed by atoms with Crippen molar-refractivity contribution < 1.29 is 22.3 Å². The summed E-state index contributed by atoms with van der Waals surface area (Å²) >= 11 is 0. The van der Waals surface area contributed by atoms with Crippen molar-refractivity contribution >= 4 is 16.1 Å². The maximum atomic E-state index is 8.74. The number of benzene rings is 1. The Morgan fingerprint density at radius 1 is 1.29 bits per heavy atom.